The van der Waals surface area contributed by atoms with Crippen molar-refractivity contribution >= 4 is 27.5 Å². The first-order chi connectivity index (χ1) is 9.01. The Morgan fingerprint density at radius 2 is 2.16 bits per heavy atom. The van der Waals surface area contributed by atoms with Gasteiger partial charge in [-0.1, -0.05) is 13.3 Å². The lowest BCUT2D eigenvalue weighted by molar-refractivity contribution is 0.0718. The van der Waals surface area contributed by atoms with Gasteiger partial charge in [-0.3, -0.25) is 4.79 Å². The Labute approximate surface area is 120 Å². The number of aliphatic hydroxyl groups excluding tert-OH is 1. The maximum absolute atomic E-state index is 13.3. The molecule has 0 aliphatic carbocycles. The molecule has 6 heteroatoms. The van der Waals surface area contributed by atoms with Gasteiger partial charge in [0.25, 0.3) is 5.91 Å². The number of hydrogen-bond donors (Lipinski definition) is 2. The molecule has 0 saturated carbocycles. The zero-order valence-electron chi connectivity index (χ0n) is 10.8. The van der Waals surface area contributed by atoms with Crippen molar-refractivity contribution in [3.63, 3.8) is 0 Å². The Balaban J connectivity index is 2.98. The quantitative estimate of drug-likeness (QED) is 0.786. The topological polar surface area (TPSA) is 66.6 Å². The highest BCUT2D eigenvalue weighted by Crippen LogP contribution is 2.24. The van der Waals surface area contributed by atoms with E-state index in [1.54, 1.807) is 4.90 Å². The molecule has 19 heavy (non-hydrogen) atoms. The number of benzene rings is 1. The summed E-state index contributed by atoms with van der Waals surface area (Å²) in [7, 11) is 0. The van der Waals surface area contributed by atoms with E-state index < -0.39 is 5.82 Å². The fourth-order valence-electron chi connectivity index (χ4n) is 1.68. The molecule has 1 amide bonds. The van der Waals surface area contributed by atoms with E-state index in [4.69, 9.17) is 10.8 Å². The maximum Gasteiger partial charge on any atom is 0.255 e. The SMILES string of the molecule is CCCCN(CCO)C(=O)c1cc(N)c(F)cc1Br. The lowest BCUT2D eigenvalue weighted by atomic mass is 10.1. The minimum atomic E-state index is -0.564. The van der Waals surface area contributed by atoms with Gasteiger partial charge in [0.05, 0.1) is 17.9 Å². The summed E-state index contributed by atoms with van der Waals surface area (Å²) in [5.74, 6) is -0.827. The molecule has 0 saturated heterocycles. The predicted octanol–water partition coefficient (Wildman–Crippen LogP) is 2.41. The summed E-state index contributed by atoms with van der Waals surface area (Å²) in [6.45, 7) is 2.72. The van der Waals surface area contributed by atoms with Crippen LogP contribution < -0.4 is 5.73 Å². The van der Waals surface area contributed by atoms with Crippen LogP contribution in [0.25, 0.3) is 0 Å². The third kappa shape index (κ3) is 4.18. The average Bonchev–Trinajstić information content (AvgIpc) is 2.38. The Bertz CT molecular complexity index is 455. The Hall–Kier alpha value is -1.14. The van der Waals surface area contributed by atoms with E-state index in [2.05, 4.69) is 15.9 Å². The van der Waals surface area contributed by atoms with E-state index in [1.807, 2.05) is 6.92 Å². The van der Waals surface area contributed by atoms with Gasteiger partial charge in [-0.15, -0.1) is 0 Å². The van der Waals surface area contributed by atoms with Gasteiger partial charge in [0, 0.05) is 17.6 Å². The summed E-state index contributed by atoms with van der Waals surface area (Å²) < 4.78 is 13.6. The first-order valence-corrected chi connectivity index (χ1v) is 6.95. The summed E-state index contributed by atoms with van der Waals surface area (Å²) in [6, 6.07) is 2.50. The average molecular weight is 333 g/mol. The van der Waals surface area contributed by atoms with Crippen LogP contribution in [-0.2, 0) is 0 Å². The highest BCUT2D eigenvalue weighted by atomic mass is 79.9. The molecule has 0 aliphatic heterocycles. The fraction of sp³-hybridized carbons (Fsp3) is 0.462. The maximum atomic E-state index is 13.3. The first kappa shape index (κ1) is 15.9. The molecule has 0 heterocycles. The molecule has 0 unspecified atom stereocenters. The van der Waals surface area contributed by atoms with Crippen molar-refractivity contribution in [2.45, 2.75) is 19.8 Å². The second kappa shape index (κ2) is 7.45. The summed E-state index contributed by atoms with van der Waals surface area (Å²) in [5.41, 5.74) is 5.73. The molecule has 0 fully saturated rings. The minimum absolute atomic E-state index is 0.0639. The Morgan fingerprint density at radius 3 is 2.74 bits per heavy atom. The number of unbranched alkanes of at least 4 members (excludes halogenated alkanes) is 1. The van der Waals surface area contributed by atoms with E-state index in [0.717, 1.165) is 12.8 Å². The molecular formula is C13H18BrFN2O2. The summed E-state index contributed by atoms with van der Waals surface area (Å²) >= 11 is 3.16. The minimum Gasteiger partial charge on any atom is -0.396 e. The van der Waals surface area contributed by atoms with Crippen LogP contribution in [0.4, 0.5) is 10.1 Å². The highest BCUT2D eigenvalue weighted by Gasteiger charge is 2.19. The van der Waals surface area contributed by atoms with E-state index >= 15 is 0 Å². The highest BCUT2D eigenvalue weighted by molar-refractivity contribution is 9.10. The molecular weight excluding hydrogens is 315 g/mol. The third-order valence-corrected chi connectivity index (χ3v) is 3.41. The number of hydrogen-bond acceptors (Lipinski definition) is 3. The number of nitrogen functional groups attached to an aromatic ring is 1. The Kier molecular flexibility index (Phi) is 6.24. The smallest absolute Gasteiger partial charge is 0.255 e. The molecule has 0 radical (unpaired) electrons. The molecule has 0 aliphatic rings. The van der Waals surface area contributed by atoms with E-state index in [1.165, 1.54) is 12.1 Å². The van der Waals surface area contributed by atoms with Crippen molar-refractivity contribution in [1.82, 2.24) is 4.90 Å². The number of nitrogens with two attached hydrogens (primary N) is 1. The number of carbonyl (C=O) groups excluding carboxylic acids is 1. The van der Waals surface area contributed by atoms with Crippen LogP contribution in [0, 0.1) is 5.82 Å². The number of halogens is 2. The lowest BCUT2D eigenvalue weighted by Gasteiger charge is -2.22. The zero-order chi connectivity index (χ0) is 14.4. The van der Waals surface area contributed by atoms with E-state index in [0.29, 0.717) is 16.6 Å². The van der Waals surface area contributed by atoms with Gasteiger partial charge in [0.2, 0.25) is 0 Å². The number of amides is 1. The molecule has 1 rings (SSSR count). The second-order valence-corrected chi connectivity index (χ2v) is 5.08. The van der Waals surface area contributed by atoms with Gasteiger partial charge in [-0.05, 0) is 34.5 Å². The zero-order valence-corrected chi connectivity index (χ0v) is 12.4. The number of rotatable bonds is 6. The van der Waals surface area contributed by atoms with Gasteiger partial charge < -0.3 is 15.7 Å². The summed E-state index contributed by atoms with van der Waals surface area (Å²) in [6.07, 6.45) is 1.79. The monoisotopic (exact) mass is 332 g/mol. The number of aliphatic hydroxyl groups is 1. The van der Waals surface area contributed by atoms with Gasteiger partial charge in [0.1, 0.15) is 5.82 Å². The van der Waals surface area contributed by atoms with Crippen LogP contribution in [0.2, 0.25) is 0 Å². The molecule has 4 nitrogen and oxygen atoms in total. The normalized spacial score (nSPS) is 10.5. The van der Waals surface area contributed by atoms with Crippen molar-refractivity contribution in [2.24, 2.45) is 0 Å². The summed E-state index contributed by atoms with van der Waals surface area (Å²) in [5, 5.41) is 9.01. The molecule has 106 valence electrons. The predicted molar refractivity (Wildman–Crippen MR) is 76.4 cm³/mol. The fourth-order valence-corrected chi connectivity index (χ4v) is 2.17. The van der Waals surface area contributed by atoms with E-state index in [9.17, 15) is 9.18 Å². The van der Waals surface area contributed by atoms with Gasteiger partial charge in [0.15, 0.2) is 0 Å². The standard InChI is InChI=1S/C13H18BrFN2O2/c1-2-3-4-17(5-6-18)13(19)9-7-12(16)11(15)8-10(9)14/h7-8,18H,2-6,16H2,1H3. The Morgan fingerprint density at radius 1 is 1.47 bits per heavy atom. The largest absolute Gasteiger partial charge is 0.396 e. The van der Waals surface area contributed by atoms with Crippen molar-refractivity contribution in [2.75, 3.05) is 25.4 Å². The van der Waals surface area contributed by atoms with Gasteiger partial charge in [-0.25, -0.2) is 4.39 Å². The number of carbonyl (C=O) groups is 1. The van der Waals surface area contributed by atoms with Crippen LogP contribution >= 0.6 is 15.9 Å². The van der Waals surface area contributed by atoms with Crippen molar-refractivity contribution in [1.29, 1.82) is 0 Å². The lowest BCUT2D eigenvalue weighted by Crippen LogP contribution is -2.34. The van der Waals surface area contributed by atoms with Crippen LogP contribution in [0.3, 0.4) is 0 Å². The molecule has 0 spiro atoms. The molecule has 0 atom stereocenters. The van der Waals surface area contributed by atoms with Crippen molar-refractivity contribution in [3.05, 3.63) is 28.0 Å². The second-order valence-electron chi connectivity index (χ2n) is 4.22. The van der Waals surface area contributed by atoms with Crippen LogP contribution in [0.15, 0.2) is 16.6 Å². The van der Waals surface area contributed by atoms with Crippen LogP contribution in [0.5, 0.6) is 0 Å². The van der Waals surface area contributed by atoms with Crippen LogP contribution in [-0.4, -0.2) is 35.6 Å². The van der Waals surface area contributed by atoms with Crippen LogP contribution in [0.1, 0.15) is 30.1 Å². The van der Waals surface area contributed by atoms with Crippen molar-refractivity contribution < 1.29 is 14.3 Å². The molecule has 1 aromatic carbocycles. The van der Waals surface area contributed by atoms with Crippen molar-refractivity contribution in [3.8, 4) is 0 Å². The van der Waals surface area contributed by atoms with E-state index in [-0.39, 0.29) is 24.7 Å². The molecule has 3 N–H and O–H groups in total. The summed E-state index contributed by atoms with van der Waals surface area (Å²) in [4.78, 5) is 13.9. The van der Waals surface area contributed by atoms with Gasteiger partial charge in [-0.2, -0.15) is 0 Å². The first-order valence-electron chi connectivity index (χ1n) is 6.15. The number of nitrogens with zero attached hydrogens (tertiary/aromatic N) is 1. The third-order valence-electron chi connectivity index (χ3n) is 2.76. The number of anilines is 1. The molecule has 0 bridgehead atoms. The molecule has 1 aromatic rings. The molecule has 0 aromatic heterocycles. The van der Waals surface area contributed by atoms with Gasteiger partial charge >= 0.3 is 0 Å².